The highest BCUT2D eigenvalue weighted by Gasteiger charge is 2.12. The summed E-state index contributed by atoms with van der Waals surface area (Å²) in [6.07, 6.45) is 0. The second kappa shape index (κ2) is 5.99. The van der Waals surface area contributed by atoms with Gasteiger partial charge in [0.25, 0.3) is 0 Å². The molecule has 0 fully saturated rings. The Balaban J connectivity index is 3.02. The lowest BCUT2D eigenvalue weighted by Crippen LogP contribution is -2.19. The van der Waals surface area contributed by atoms with Gasteiger partial charge < -0.3 is 9.47 Å². The lowest BCUT2D eigenvalue weighted by molar-refractivity contribution is 0.354. The zero-order valence-electron chi connectivity index (χ0n) is 9.78. The monoisotopic (exact) mass is 220 g/mol. The van der Waals surface area contributed by atoms with Crippen molar-refractivity contribution in [3.05, 3.63) is 23.8 Å². The topological polar surface area (TPSA) is 54.3 Å². The molecule has 4 nitrogen and oxygen atoms in total. The van der Waals surface area contributed by atoms with Crippen LogP contribution in [0, 0.1) is 11.3 Å². The van der Waals surface area contributed by atoms with Crippen LogP contribution < -0.4 is 14.8 Å². The smallest absolute Gasteiger partial charge is 0.161 e. The van der Waals surface area contributed by atoms with E-state index in [-0.39, 0.29) is 6.04 Å². The summed E-state index contributed by atoms with van der Waals surface area (Å²) in [4.78, 5) is 0. The molecule has 0 amide bonds. The van der Waals surface area contributed by atoms with Gasteiger partial charge in [-0.25, -0.2) is 0 Å². The van der Waals surface area contributed by atoms with E-state index in [1.54, 1.807) is 20.3 Å². The summed E-state index contributed by atoms with van der Waals surface area (Å²) in [6.45, 7) is 2.71. The Morgan fingerprint density at radius 1 is 1.31 bits per heavy atom. The molecule has 1 unspecified atom stereocenters. The van der Waals surface area contributed by atoms with E-state index < -0.39 is 0 Å². The van der Waals surface area contributed by atoms with Gasteiger partial charge in [-0.2, -0.15) is 5.26 Å². The minimum Gasteiger partial charge on any atom is -0.493 e. The Kier molecular flexibility index (Phi) is 4.62. The standard InChI is InChI=1S/C12H16N2O2/c1-4-14-10(8-13)9-5-6-11(15-2)12(7-9)16-3/h5-7,10,14H,4H2,1-3H3. The second-order valence-corrected chi connectivity index (χ2v) is 3.23. The molecule has 0 aliphatic rings. The first-order chi connectivity index (χ1) is 7.76. The van der Waals surface area contributed by atoms with Gasteiger partial charge in [-0.05, 0) is 24.2 Å². The molecule has 0 radical (unpaired) electrons. The molecule has 1 rings (SSSR count). The molecule has 0 heterocycles. The predicted octanol–water partition coefficient (Wildman–Crippen LogP) is 1.88. The zero-order valence-corrected chi connectivity index (χ0v) is 9.78. The number of hydrogen-bond donors (Lipinski definition) is 1. The van der Waals surface area contributed by atoms with Crippen molar-refractivity contribution >= 4 is 0 Å². The van der Waals surface area contributed by atoms with Crippen LogP contribution in [0.2, 0.25) is 0 Å². The van der Waals surface area contributed by atoms with Crippen molar-refractivity contribution in [2.24, 2.45) is 0 Å². The maximum absolute atomic E-state index is 9.02. The summed E-state index contributed by atoms with van der Waals surface area (Å²) in [5.41, 5.74) is 0.877. The fourth-order valence-corrected chi connectivity index (χ4v) is 1.47. The number of methoxy groups -OCH3 is 2. The average Bonchev–Trinajstić information content (AvgIpc) is 2.35. The summed E-state index contributed by atoms with van der Waals surface area (Å²) in [7, 11) is 3.17. The lowest BCUT2D eigenvalue weighted by Gasteiger charge is -2.13. The summed E-state index contributed by atoms with van der Waals surface area (Å²) in [5, 5.41) is 12.1. The van der Waals surface area contributed by atoms with Crippen molar-refractivity contribution in [1.29, 1.82) is 5.26 Å². The van der Waals surface area contributed by atoms with Gasteiger partial charge >= 0.3 is 0 Å². The molecule has 1 aromatic rings. The van der Waals surface area contributed by atoms with Gasteiger partial charge in [0.1, 0.15) is 6.04 Å². The van der Waals surface area contributed by atoms with E-state index in [4.69, 9.17) is 14.7 Å². The number of nitrogens with one attached hydrogen (secondary N) is 1. The minimum atomic E-state index is -0.315. The lowest BCUT2D eigenvalue weighted by atomic mass is 10.1. The molecule has 1 N–H and O–H groups in total. The molecule has 1 aromatic carbocycles. The van der Waals surface area contributed by atoms with Crippen LogP contribution in [-0.2, 0) is 0 Å². The van der Waals surface area contributed by atoms with Crippen molar-refractivity contribution < 1.29 is 9.47 Å². The van der Waals surface area contributed by atoms with Crippen LogP contribution in [0.15, 0.2) is 18.2 Å². The SMILES string of the molecule is CCNC(C#N)c1ccc(OC)c(OC)c1. The van der Waals surface area contributed by atoms with Crippen LogP contribution >= 0.6 is 0 Å². The number of benzene rings is 1. The predicted molar refractivity (Wildman–Crippen MR) is 61.6 cm³/mol. The fourth-order valence-electron chi connectivity index (χ4n) is 1.47. The average molecular weight is 220 g/mol. The number of hydrogen-bond acceptors (Lipinski definition) is 4. The molecule has 0 bridgehead atoms. The maximum atomic E-state index is 9.02. The van der Waals surface area contributed by atoms with Crippen LogP contribution in [-0.4, -0.2) is 20.8 Å². The number of rotatable bonds is 5. The van der Waals surface area contributed by atoms with E-state index in [0.717, 1.165) is 12.1 Å². The Morgan fingerprint density at radius 2 is 2.00 bits per heavy atom. The third kappa shape index (κ3) is 2.65. The van der Waals surface area contributed by atoms with Crippen LogP contribution in [0.5, 0.6) is 11.5 Å². The van der Waals surface area contributed by atoms with Crippen LogP contribution in [0.4, 0.5) is 0 Å². The highest BCUT2D eigenvalue weighted by atomic mass is 16.5. The van der Waals surface area contributed by atoms with Gasteiger partial charge in [0.2, 0.25) is 0 Å². The molecular weight excluding hydrogens is 204 g/mol. The molecule has 0 saturated heterocycles. The van der Waals surface area contributed by atoms with E-state index in [9.17, 15) is 0 Å². The number of nitrogens with zero attached hydrogens (tertiary/aromatic N) is 1. The van der Waals surface area contributed by atoms with Crippen LogP contribution in [0.3, 0.4) is 0 Å². The van der Waals surface area contributed by atoms with E-state index in [1.807, 2.05) is 19.1 Å². The van der Waals surface area contributed by atoms with Gasteiger partial charge in [0.15, 0.2) is 11.5 Å². The van der Waals surface area contributed by atoms with Crippen molar-refractivity contribution in [3.8, 4) is 17.6 Å². The van der Waals surface area contributed by atoms with Gasteiger partial charge in [0, 0.05) is 0 Å². The molecule has 0 aromatic heterocycles. The van der Waals surface area contributed by atoms with E-state index in [2.05, 4.69) is 11.4 Å². The van der Waals surface area contributed by atoms with Crippen LogP contribution in [0.25, 0.3) is 0 Å². The van der Waals surface area contributed by atoms with Crippen molar-refractivity contribution in [3.63, 3.8) is 0 Å². The first-order valence-corrected chi connectivity index (χ1v) is 5.11. The summed E-state index contributed by atoms with van der Waals surface area (Å²) < 4.78 is 10.3. The van der Waals surface area contributed by atoms with Gasteiger partial charge in [-0.1, -0.05) is 13.0 Å². The second-order valence-electron chi connectivity index (χ2n) is 3.23. The fraction of sp³-hybridized carbons (Fsp3) is 0.417. The van der Waals surface area contributed by atoms with Crippen LogP contribution in [0.1, 0.15) is 18.5 Å². The van der Waals surface area contributed by atoms with Crippen molar-refractivity contribution in [2.45, 2.75) is 13.0 Å². The quantitative estimate of drug-likeness (QED) is 0.823. The summed E-state index contributed by atoms with van der Waals surface area (Å²) in [5.74, 6) is 1.30. The molecule has 86 valence electrons. The number of nitriles is 1. The van der Waals surface area contributed by atoms with Gasteiger partial charge in [0.05, 0.1) is 20.3 Å². The molecule has 0 aliphatic carbocycles. The molecular formula is C12H16N2O2. The maximum Gasteiger partial charge on any atom is 0.161 e. The summed E-state index contributed by atoms with van der Waals surface area (Å²) >= 11 is 0. The van der Waals surface area contributed by atoms with Crippen molar-refractivity contribution in [1.82, 2.24) is 5.32 Å². The molecule has 0 aliphatic heterocycles. The van der Waals surface area contributed by atoms with E-state index in [0.29, 0.717) is 11.5 Å². The van der Waals surface area contributed by atoms with E-state index >= 15 is 0 Å². The summed E-state index contributed by atoms with van der Waals surface area (Å²) in [6, 6.07) is 7.36. The third-order valence-corrected chi connectivity index (χ3v) is 2.28. The minimum absolute atomic E-state index is 0.315. The Morgan fingerprint density at radius 3 is 2.50 bits per heavy atom. The normalized spacial score (nSPS) is 11.6. The van der Waals surface area contributed by atoms with E-state index in [1.165, 1.54) is 0 Å². The molecule has 16 heavy (non-hydrogen) atoms. The largest absolute Gasteiger partial charge is 0.493 e. The molecule has 0 saturated carbocycles. The molecule has 0 spiro atoms. The van der Waals surface area contributed by atoms with Crippen molar-refractivity contribution in [2.75, 3.05) is 20.8 Å². The molecule has 4 heteroatoms. The third-order valence-electron chi connectivity index (χ3n) is 2.28. The zero-order chi connectivity index (χ0) is 12.0. The first kappa shape index (κ1) is 12.3. The number of ether oxygens (including phenoxy) is 2. The highest BCUT2D eigenvalue weighted by molar-refractivity contribution is 5.44. The highest BCUT2D eigenvalue weighted by Crippen LogP contribution is 2.29. The Bertz CT molecular complexity index is 385. The first-order valence-electron chi connectivity index (χ1n) is 5.11. The Labute approximate surface area is 95.8 Å². The van der Waals surface area contributed by atoms with Gasteiger partial charge in [-0.15, -0.1) is 0 Å². The Hall–Kier alpha value is -1.73. The van der Waals surface area contributed by atoms with Gasteiger partial charge in [-0.3, -0.25) is 5.32 Å². The molecule has 1 atom stereocenters.